The summed E-state index contributed by atoms with van der Waals surface area (Å²) in [5.41, 5.74) is 0. The van der Waals surface area contributed by atoms with Crippen molar-refractivity contribution in [3.05, 3.63) is 12.2 Å². The Balaban J connectivity index is 3.60. The van der Waals surface area contributed by atoms with Gasteiger partial charge in [-0.1, -0.05) is 25.0 Å². The van der Waals surface area contributed by atoms with Gasteiger partial charge in [0.05, 0.1) is 0 Å². The van der Waals surface area contributed by atoms with Crippen molar-refractivity contribution in [3.8, 4) is 12.0 Å². The Morgan fingerprint density at radius 1 is 1.45 bits per heavy atom. The van der Waals surface area contributed by atoms with Crippen LogP contribution in [0.2, 0.25) is 0 Å². The summed E-state index contributed by atoms with van der Waals surface area (Å²) in [5, 5.41) is 2.96. The van der Waals surface area contributed by atoms with Gasteiger partial charge in [-0.25, -0.2) is 0 Å². The summed E-state index contributed by atoms with van der Waals surface area (Å²) in [7, 11) is 0. The molecule has 11 heavy (non-hydrogen) atoms. The highest BCUT2D eigenvalue weighted by molar-refractivity contribution is 5.08. The number of nitrogens with one attached hydrogen (secondary N) is 1. The highest BCUT2D eigenvalue weighted by atomic mass is 14.8. The van der Waals surface area contributed by atoms with E-state index in [2.05, 4.69) is 43.3 Å². The van der Waals surface area contributed by atoms with E-state index in [0.717, 1.165) is 13.0 Å². The topological polar surface area (TPSA) is 12.0 Å². The molecule has 0 radical (unpaired) electrons. The van der Waals surface area contributed by atoms with Crippen molar-refractivity contribution in [2.45, 2.75) is 27.2 Å². The Kier molecular flexibility index (Phi) is 6.62. The number of hydrogen-bond donors (Lipinski definition) is 1. The van der Waals surface area contributed by atoms with Crippen molar-refractivity contribution in [2.24, 2.45) is 5.92 Å². The van der Waals surface area contributed by atoms with Crippen LogP contribution in [0.15, 0.2) is 12.2 Å². The van der Waals surface area contributed by atoms with E-state index < -0.39 is 0 Å². The third-order valence-electron chi connectivity index (χ3n) is 1.23. The first-order chi connectivity index (χ1) is 5.31. The van der Waals surface area contributed by atoms with Crippen LogP contribution < -0.4 is 5.32 Å². The minimum Gasteiger partial charge on any atom is -0.346 e. The molecular formula is C10H17N. The Bertz CT molecular complexity index is 159. The van der Waals surface area contributed by atoms with Gasteiger partial charge in [-0.2, -0.15) is 0 Å². The van der Waals surface area contributed by atoms with Crippen molar-refractivity contribution < 1.29 is 0 Å². The molecule has 0 aliphatic carbocycles. The molecule has 0 spiro atoms. The van der Waals surface area contributed by atoms with Crippen LogP contribution in [0.25, 0.3) is 0 Å². The number of rotatable bonds is 3. The van der Waals surface area contributed by atoms with Crippen molar-refractivity contribution in [3.63, 3.8) is 0 Å². The van der Waals surface area contributed by atoms with Gasteiger partial charge >= 0.3 is 0 Å². The average Bonchev–Trinajstić information content (AvgIpc) is 2.01. The Labute approximate surface area is 69.9 Å². The summed E-state index contributed by atoms with van der Waals surface area (Å²) in [5.74, 6) is 3.44. The molecule has 1 unspecified atom stereocenters. The molecule has 0 aliphatic rings. The van der Waals surface area contributed by atoms with E-state index in [0.29, 0.717) is 5.92 Å². The SMILES string of the molecule is CC/C=C\C(C)C#CNCC. The van der Waals surface area contributed by atoms with E-state index in [4.69, 9.17) is 0 Å². The van der Waals surface area contributed by atoms with Crippen LogP contribution in [0.5, 0.6) is 0 Å². The third-order valence-corrected chi connectivity index (χ3v) is 1.23. The molecule has 0 fully saturated rings. The summed E-state index contributed by atoms with van der Waals surface area (Å²) in [6.45, 7) is 7.18. The first-order valence-electron chi connectivity index (χ1n) is 4.21. The molecule has 0 bridgehead atoms. The van der Waals surface area contributed by atoms with E-state index in [1.54, 1.807) is 0 Å². The molecule has 0 rings (SSSR count). The molecule has 1 heteroatoms. The molecule has 1 N–H and O–H groups in total. The smallest absolute Gasteiger partial charge is 0.0372 e. The van der Waals surface area contributed by atoms with Crippen LogP contribution in [-0.2, 0) is 0 Å². The van der Waals surface area contributed by atoms with E-state index in [-0.39, 0.29) is 0 Å². The molecule has 0 saturated heterocycles. The van der Waals surface area contributed by atoms with E-state index in [9.17, 15) is 0 Å². The maximum Gasteiger partial charge on any atom is 0.0372 e. The van der Waals surface area contributed by atoms with Gasteiger partial charge in [-0.15, -0.1) is 0 Å². The second-order valence-electron chi connectivity index (χ2n) is 2.42. The molecular weight excluding hydrogens is 134 g/mol. The Hall–Kier alpha value is -0.900. The van der Waals surface area contributed by atoms with Crippen molar-refractivity contribution >= 4 is 0 Å². The maximum atomic E-state index is 3.07. The minimum atomic E-state index is 0.369. The standard InChI is InChI=1S/C10H17N/c1-4-6-7-10(3)8-9-11-5-2/h6-7,10-11H,4-5H2,1-3H3/b7-6-. The van der Waals surface area contributed by atoms with Gasteiger partial charge in [0.1, 0.15) is 0 Å². The zero-order valence-electron chi connectivity index (χ0n) is 7.65. The lowest BCUT2D eigenvalue weighted by molar-refractivity contribution is 0.926. The zero-order chi connectivity index (χ0) is 8.53. The lowest BCUT2D eigenvalue weighted by Gasteiger charge is -1.92. The fourth-order valence-corrected chi connectivity index (χ4v) is 0.642. The van der Waals surface area contributed by atoms with Crippen molar-refractivity contribution in [1.29, 1.82) is 0 Å². The van der Waals surface area contributed by atoms with Gasteiger partial charge < -0.3 is 5.32 Å². The van der Waals surface area contributed by atoms with Gasteiger partial charge in [0.15, 0.2) is 0 Å². The molecule has 0 saturated carbocycles. The average molecular weight is 151 g/mol. The van der Waals surface area contributed by atoms with Gasteiger partial charge in [0.2, 0.25) is 0 Å². The molecule has 0 aromatic carbocycles. The van der Waals surface area contributed by atoms with Crippen molar-refractivity contribution in [1.82, 2.24) is 5.32 Å². The first-order valence-corrected chi connectivity index (χ1v) is 4.21. The van der Waals surface area contributed by atoms with Crippen LogP contribution in [0.3, 0.4) is 0 Å². The minimum absolute atomic E-state index is 0.369. The monoisotopic (exact) mass is 151 g/mol. The molecule has 0 aromatic rings. The summed E-state index contributed by atoms with van der Waals surface area (Å²) in [6, 6.07) is 2.89. The second-order valence-corrected chi connectivity index (χ2v) is 2.42. The summed E-state index contributed by atoms with van der Waals surface area (Å²) in [6.07, 6.45) is 5.36. The van der Waals surface area contributed by atoms with Gasteiger partial charge in [-0.3, -0.25) is 0 Å². The van der Waals surface area contributed by atoms with Crippen LogP contribution in [0.1, 0.15) is 27.2 Å². The lowest BCUT2D eigenvalue weighted by Crippen LogP contribution is -2.03. The van der Waals surface area contributed by atoms with Crippen LogP contribution in [-0.4, -0.2) is 6.54 Å². The van der Waals surface area contributed by atoms with Gasteiger partial charge in [0.25, 0.3) is 0 Å². The summed E-state index contributed by atoms with van der Waals surface area (Å²) < 4.78 is 0. The Morgan fingerprint density at radius 3 is 2.73 bits per heavy atom. The predicted molar refractivity (Wildman–Crippen MR) is 50.0 cm³/mol. The van der Waals surface area contributed by atoms with E-state index in [1.165, 1.54) is 0 Å². The van der Waals surface area contributed by atoms with Crippen molar-refractivity contribution in [2.75, 3.05) is 6.54 Å². The fraction of sp³-hybridized carbons (Fsp3) is 0.600. The lowest BCUT2D eigenvalue weighted by atomic mass is 10.2. The highest BCUT2D eigenvalue weighted by Crippen LogP contribution is 1.94. The molecule has 0 amide bonds. The largest absolute Gasteiger partial charge is 0.346 e. The van der Waals surface area contributed by atoms with E-state index >= 15 is 0 Å². The molecule has 1 nitrogen and oxygen atoms in total. The maximum absolute atomic E-state index is 3.07. The van der Waals surface area contributed by atoms with Crippen LogP contribution in [0.4, 0.5) is 0 Å². The van der Waals surface area contributed by atoms with Gasteiger partial charge in [-0.05, 0) is 20.3 Å². The third kappa shape index (κ3) is 6.99. The number of hydrogen-bond acceptors (Lipinski definition) is 1. The summed E-state index contributed by atoms with van der Waals surface area (Å²) >= 11 is 0. The summed E-state index contributed by atoms with van der Waals surface area (Å²) in [4.78, 5) is 0. The van der Waals surface area contributed by atoms with Crippen LogP contribution >= 0.6 is 0 Å². The van der Waals surface area contributed by atoms with Gasteiger partial charge in [0, 0.05) is 18.5 Å². The zero-order valence-corrected chi connectivity index (χ0v) is 7.65. The van der Waals surface area contributed by atoms with E-state index in [1.807, 2.05) is 6.92 Å². The normalized spacial score (nSPS) is 12.3. The highest BCUT2D eigenvalue weighted by Gasteiger charge is 1.85. The fourth-order valence-electron chi connectivity index (χ4n) is 0.642. The Morgan fingerprint density at radius 2 is 2.18 bits per heavy atom. The predicted octanol–water partition coefficient (Wildman–Crippen LogP) is 2.16. The first kappa shape index (κ1) is 10.1. The molecule has 62 valence electrons. The second kappa shape index (κ2) is 7.21. The van der Waals surface area contributed by atoms with Crippen LogP contribution in [0, 0.1) is 17.9 Å². The molecule has 0 aliphatic heterocycles. The molecule has 1 atom stereocenters. The number of allylic oxidation sites excluding steroid dienone is 2. The molecule has 0 heterocycles. The quantitative estimate of drug-likeness (QED) is 0.370. The molecule has 0 aromatic heterocycles.